The van der Waals surface area contributed by atoms with Crippen molar-refractivity contribution in [3.63, 3.8) is 0 Å². The Labute approximate surface area is 121 Å². The maximum absolute atomic E-state index is 12.0. The van der Waals surface area contributed by atoms with Crippen molar-refractivity contribution in [2.45, 2.75) is 52.1 Å². The van der Waals surface area contributed by atoms with E-state index < -0.39 is 0 Å². The van der Waals surface area contributed by atoms with E-state index in [4.69, 9.17) is 9.47 Å². The van der Waals surface area contributed by atoms with Crippen LogP contribution in [0.3, 0.4) is 0 Å². The Kier molecular flexibility index (Phi) is 5.45. The van der Waals surface area contributed by atoms with Crippen molar-refractivity contribution in [1.82, 2.24) is 0 Å². The molecule has 20 heavy (non-hydrogen) atoms. The van der Waals surface area contributed by atoms with E-state index >= 15 is 0 Å². The highest BCUT2D eigenvalue weighted by Gasteiger charge is 2.30. The second-order valence-electron chi connectivity index (χ2n) is 5.34. The molecule has 3 heteroatoms. The van der Waals surface area contributed by atoms with Crippen LogP contribution in [0.15, 0.2) is 24.3 Å². The van der Waals surface area contributed by atoms with Gasteiger partial charge in [0.2, 0.25) is 0 Å². The van der Waals surface area contributed by atoms with Gasteiger partial charge in [0.05, 0.1) is 12.5 Å². The number of hydrogen-bond donors (Lipinski definition) is 0. The molecule has 0 N–H and O–H groups in total. The molecule has 2 atom stereocenters. The first-order valence-corrected chi connectivity index (χ1v) is 7.67. The second-order valence-corrected chi connectivity index (χ2v) is 5.34. The molecule has 0 bridgehead atoms. The van der Waals surface area contributed by atoms with E-state index in [0.717, 1.165) is 43.4 Å². The molecule has 1 saturated heterocycles. The highest BCUT2D eigenvalue weighted by molar-refractivity contribution is 5.73. The van der Waals surface area contributed by atoms with E-state index in [-0.39, 0.29) is 18.0 Å². The van der Waals surface area contributed by atoms with Crippen molar-refractivity contribution in [3.8, 4) is 5.75 Å². The third-order valence-electron chi connectivity index (χ3n) is 3.84. The molecular formula is C17H24O3. The summed E-state index contributed by atoms with van der Waals surface area (Å²) in [5.41, 5.74) is 1.07. The summed E-state index contributed by atoms with van der Waals surface area (Å²) in [6.07, 6.45) is 4.98. The van der Waals surface area contributed by atoms with Crippen LogP contribution in [0.2, 0.25) is 0 Å². The van der Waals surface area contributed by atoms with Gasteiger partial charge in [-0.3, -0.25) is 4.79 Å². The van der Waals surface area contributed by atoms with Gasteiger partial charge in [-0.15, -0.1) is 0 Å². The molecule has 0 amide bonds. The summed E-state index contributed by atoms with van der Waals surface area (Å²) < 4.78 is 11.0. The quantitative estimate of drug-likeness (QED) is 0.728. The minimum absolute atomic E-state index is 0.0245. The zero-order valence-electron chi connectivity index (χ0n) is 12.4. The molecule has 2 unspecified atom stereocenters. The third kappa shape index (κ3) is 3.75. The van der Waals surface area contributed by atoms with Crippen LogP contribution in [-0.2, 0) is 9.53 Å². The van der Waals surface area contributed by atoms with E-state index in [9.17, 15) is 4.79 Å². The Bertz CT molecular complexity index is 424. The summed E-state index contributed by atoms with van der Waals surface area (Å²) in [6.45, 7) is 4.78. The summed E-state index contributed by atoms with van der Waals surface area (Å²) in [5.74, 6) is 0.941. The molecule has 1 aliphatic heterocycles. The minimum atomic E-state index is -0.0870. The van der Waals surface area contributed by atoms with Crippen LogP contribution in [0.4, 0.5) is 0 Å². The lowest BCUT2D eigenvalue weighted by molar-refractivity contribution is -0.161. The van der Waals surface area contributed by atoms with Crippen LogP contribution in [0.5, 0.6) is 5.75 Å². The molecule has 2 rings (SSSR count). The van der Waals surface area contributed by atoms with Crippen LogP contribution in [0.25, 0.3) is 0 Å². The smallest absolute Gasteiger partial charge is 0.309 e. The van der Waals surface area contributed by atoms with E-state index in [1.165, 1.54) is 0 Å². The van der Waals surface area contributed by atoms with Gasteiger partial charge in [-0.1, -0.05) is 31.9 Å². The Morgan fingerprint density at radius 2 is 1.95 bits per heavy atom. The molecule has 0 radical (unpaired) electrons. The molecule has 3 nitrogen and oxygen atoms in total. The topological polar surface area (TPSA) is 35.5 Å². The number of ether oxygens (including phenoxy) is 2. The monoisotopic (exact) mass is 276 g/mol. The number of hydrogen-bond acceptors (Lipinski definition) is 3. The van der Waals surface area contributed by atoms with Crippen LogP contribution in [0, 0.1) is 5.92 Å². The van der Waals surface area contributed by atoms with Crippen LogP contribution in [-0.4, -0.2) is 12.6 Å². The normalized spacial score (nSPS) is 22.4. The molecule has 1 aliphatic rings. The lowest BCUT2D eigenvalue weighted by Gasteiger charge is -2.28. The van der Waals surface area contributed by atoms with Gasteiger partial charge < -0.3 is 9.47 Å². The van der Waals surface area contributed by atoms with Gasteiger partial charge in [-0.05, 0) is 43.9 Å². The number of benzene rings is 1. The van der Waals surface area contributed by atoms with Crippen LogP contribution >= 0.6 is 0 Å². The summed E-state index contributed by atoms with van der Waals surface area (Å²) in [7, 11) is 0. The van der Waals surface area contributed by atoms with Gasteiger partial charge in [-0.25, -0.2) is 0 Å². The summed E-state index contributed by atoms with van der Waals surface area (Å²) in [6, 6.07) is 7.87. The van der Waals surface area contributed by atoms with Crippen LogP contribution in [0.1, 0.15) is 57.6 Å². The summed E-state index contributed by atoms with van der Waals surface area (Å²) in [5, 5.41) is 0. The van der Waals surface area contributed by atoms with Gasteiger partial charge >= 0.3 is 5.97 Å². The molecule has 0 aromatic heterocycles. The zero-order valence-corrected chi connectivity index (χ0v) is 12.4. The fourth-order valence-electron chi connectivity index (χ4n) is 2.66. The first kappa shape index (κ1) is 14.9. The largest absolute Gasteiger partial charge is 0.494 e. The average Bonchev–Trinajstić information content (AvgIpc) is 2.47. The Morgan fingerprint density at radius 3 is 2.55 bits per heavy atom. The molecule has 0 aliphatic carbocycles. The third-order valence-corrected chi connectivity index (χ3v) is 3.84. The van der Waals surface area contributed by atoms with E-state index in [2.05, 4.69) is 6.92 Å². The number of carbonyl (C=O) groups is 1. The molecule has 110 valence electrons. The maximum Gasteiger partial charge on any atom is 0.309 e. The van der Waals surface area contributed by atoms with E-state index in [1.807, 2.05) is 31.2 Å². The van der Waals surface area contributed by atoms with Gasteiger partial charge in [0.1, 0.15) is 11.9 Å². The van der Waals surface area contributed by atoms with Crippen LogP contribution < -0.4 is 4.74 Å². The number of cyclic esters (lactones) is 1. The molecule has 1 aromatic carbocycles. The van der Waals surface area contributed by atoms with Crippen molar-refractivity contribution in [2.24, 2.45) is 5.92 Å². The minimum Gasteiger partial charge on any atom is -0.494 e. The standard InChI is InChI=1S/C17H24O3/c1-3-5-6-14-9-12-16(20-17(14)18)13-7-10-15(11-8-13)19-4-2/h7-8,10-11,14,16H,3-6,9,12H2,1-2H3. The molecule has 1 aromatic rings. The zero-order chi connectivity index (χ0) is 14.4. The molecule has 1 heterocycles. The highest BCUT2D eigenvalue weighted by Crippen LogP contribution is 2.34. The van der Waals surface area contributed by atoms with Crippen molar-refractivity contribution in [3.05, 3.63) is 29.8 Å². The number of unbranched alkanes of at least 4 members (excludes halogenated alkanes) is 1. The van der Waals surface area contributed by atoms with Crippen molar-refractivity contribution < 1.29 is 14.3 Å². The first-order chi connectivity index (χ1) is 9.74. The summed E-state index contributed by atoms with van der Waals surface area (Å²) >= 11 is 0. The number of rotatable bonds is 6. The van der Waals surface area contributed by atoms with Gasteiger partial charge in [0, 0.05) is 0 Å². The maximum atomic E-state index is 12.0. The molecule has 0 saturated carbocycles. The number of carbonyl (C=O) groups excluding carboxylic acids is 1. The first-order valence-electron chi connectivity index (χ1n) is 7.67. The van der Waals surface area contributed by atoms with Crippen molar-refractivity contribution in [1.29, 1.82) is 0 Å². The van der Waals surface area contributed by atoms with Gasteiger partial charge in [0.25, 0.3) is 0 Å². The lowest BCUT2D eigenvalue weighted by Crippen LogP contribution is -2.26. The Hall–Kier alpha value is -1.51. The van der Waals surface area contributed by atoms with E-state index in [1.54, 1.807) is 0 Å². The fourth-order valence-corrected chi connectivity index (χ4v) is 2.66. The SMILES string of the molecule is CCCCC1CCC(c2ccc(OCC)cc2)OC1=O. The summed E-state index contributed by atoms with van der Waals surface area (Å²) in [4.78, 5) is 12.0. The lowest BCUT2D eigenvalue weighted by atomic mass is 9.90. The number of esters is 1. The Morgan fingerprint density at radius 1 is 1.20 bits per heavy atom. The Balaban J connectivity index is 1.93. The van der Waals surface area contributed by atoms with Gasteiger partial charge in [-0.2, -0.15) is 0 Å². The van der Waals surface area contributed by atoms with Gasteiger partial charge in [0.15, 0.2) is 0 Å². The average molecular weight is 276 g/mol. The predicted molar refractivity (Wildman–Crippen MR) is 78.7 cm³/mol. The molecule has 1 fully saturated rings. The predicted octanol–water partition coefficient (Wildman–Crippen LogP) is 4.27. The molecular weight excluding hydrogens is 252 g/mol. The highest BCUT2D eigenvalue weighted by atomic mass is 16.5. The van der Waals surface area contributed by atoms with Crippen molar-refractivity contribution >= 4 is 5.97 Å². The second kappa shape index (κ2) is 7.32. The van der Waals surface area contributed by atoms with Crippen molar-refractivity contribution in [2.75, 3.05) is 6.61 Å². The molecule has 0 spiro atoms. The fraction of sp³-hybridized carbons (Fsp3) is 0.588. The van der Waals surface area contributed by atoms with E-state index in [0.29, 0.717) is 6.61 Å².